The molecule has 2 fully saturated rings. The summed E-state index contributed by atoms with van der Waals surface area (Å²) in [5, 5.41) is 0. The van der Waals surface area contributed by atoms with Gasteiger partial charge in [-0.1, -0.05) is 19.3 Å². The number of carbonyl (C=O) groups excluding carboxylic acids is 1. The SMILES string of the molecule is O=C1CCC(COCC2CCCCC2)CCO1. The smallest absolute Gasteiger partial charge is 0.305 e. The van der Waals surface area contributed by atoms with E-state index in [0.717, 1.165) is 32.0 Å². The molecule has 0 radical (unpaired) electrons. The van der Waals surface area contributed by atoms with Gasteiger partial charge in [0.2, 0.25) is 0 Å². The highest BCUT2D eigenvalue weighted by atomic mass is 16.5. The normalized spacial score (nSPS) is 27.5. The minimum absolute atomic E-state index is 0.0419. The Labute approximate surface area is 104 Å². The predicted octanol–water partition coefficient (Wildman–Crippen LogP) is 2.93. The zero-order chi connectivity index (χ0) is 11.9. The van der Waals surface area contributed by atoms with Crippen LogP contribution in [-0.4, -0.2) is 25.8 Å². The Hall–Kier alpha value is -0.570. The van der Waals surface area contributed by atoms with Crippen molar-refractivity contribution in [1.82, 2.24) is 0 Å². The van der Waals surface area contributed by atoms with E-state index in [4.69, 9.17) is 9.47 Å². The maximum Gasteiger partial charge on any atom is 0.305 e. The molecular formula is C14H24O3. The maximum atomic E-state index is 11.1. The lowest BCUT2D eigenvalue weighted by Gasteiger charge is -2.22. The average molecular weight is 240 g/mol. The van der Waals surface area contributed by atoms with Crippen LogP contribution < -0.4 is 0 Å². The number of hydrogen-bond acceptors (Lipinski definition) is 3. The molecule has 1 aliphatic heterocycles. The fourth-order valence-corrected chi connectivity index (χ4v) is 2.80. The van der Waals surface area contributed by atoms with Crippen molar-refractivity contribution in [3.05, 3.63) is 0 Å². The molecule has 1 aliphatic carbocycles. The molecular weight excluding hydrogens is 216 g/mol. The first-order valence-electron chi connectivity index (χ1n) is 7.08. The number of ether oxygens (including phenoxy) is 2. The molecule has 1 saturated carbocycles. The largest absolute Gasteiger partial charge is 0.466 e. The molecule has 0 amide bonds. The molecule has 17 heavy (non-hydrogen) atoms. The molecule has 1 saturated heterocycles. The van der Waals surface area contributed by atoms with E-state index in [2.05, 4.69) is 0 Å². The fourth-order valence-electron chi connectivity index (χ4n) is 2.80. The van der Waals surface area contributed by atoms with E-state index in [0.29, 0.717) is 18.9 Å². The van der Waals surface area contributed by atoms with Gasteiger partial charge in [0.1, 0.15) is 0 Å². The van der Waals surface area contributed by atoms with Crippen molar-refractivity contribution in [3.8, 4) is 0 Å². The Morgan fingerprint density at radius 3 is 2.47 bits per heavy atom. The number of hydrogen-bond donors (Lipinski definition) is 0. The monoisotopic (exact) mass is 240 g/mol. The van der Waals surface area contributed by atoms with E-state index < -0.39 is 0 Å². The van der Waals surface area contributed by atoms with E-state index in [9.17, 15) is 4.79 Å². The van der Waals surface area contributed by atoms with Gasteiger partial charge in [0.05, 0.1) is 6.61 Å². The first-order chi connectivity index (χ1) is 8.34. The molecule has 0 spiro atoms. The summed E-state index contributed by atoms with van der Waals surface area (Å²) in [7, 11) is 0. The van der Waals surface area contributed by atoms with E-state index in [1.807, 2.05) is 0 Å². The highest BCUT2D eigenvalue weighted by Crippen LogP contribution is 2.24. The Bertz CT molecular complexity index is 234. The molecule has 3 heteroatoms. The van der Waals surface area contributed by atoms with Crippen LogP contribution in [0.25, 0.3) is 0 Å². The second kappa shape index (κ2) is 7.00. The van der Waals surface area contributed by atoms with Crippen molar-refractivity contribution < 1.29 is 14.3 Å². The maximum absolute atomic E-state index is 11.1. The van der Waals surface area contributed by atoms with E-state index in [-0.39, 0.29) is 5.97 Å². The molecule has 2 rings (SSSR count). The van der Waals surface area contributed by atoms with Crippen molar-refractivity contribution >= 4 is 5.97 Å². The van der Waals surface area contributed by atoms with Crippen LogP contribution in [0.3, 0.4) is 0 Å². The summed E-state index contributed by atoms with van der Waals surface area (Å²) in [5.74, 6) is 1.26. The number of esters is 1. The number of carbonyl (C=O) groups is 1. The van der Waals surface area contributed by atoms with Gasteiger partial charge in [0.15, 0.2) is 0 Å². The number of cyclic esters (lactones) is 1. The van der Waals surface area contributed by atoms with Crippen molar-refractivity contribution in [1.29, 1.82) is 0 Å². The van der Waals surface area contributed by atoms with Crippen LogP contribution in [0.4, 0.5) is 0 Å². The third-order valence-corrected chi connectivity index (χ3v) is 3.98. The highest BCUT2D eigenvalue weighted by Gasteiger charge is 2.19. The van der Waals surface area contributed by atoms with Gasteiger partial charge in [0, 0.05) is 19.6 Å². The third-order valence-electron chi connectivity index (χ3n) is 3.98. The van der Waals surface area contributed by atoms with E-state index >= 15 is 0 Å². The topological polar surface area (TPSA) is 35.5 Å². The average Bonchev–Trinajstić information content (AvgIpc) is 2.56. The van der Waals surface area contributed by atoms with Crippen molar-refractivity contribution in [3.63, 3.8) is 0 Å². The molecule has 0 bridgehead atoms. The zero-order valence-corrected chi connectivity index (χ0v) is 10.7. The summed E-state index contributed by atoms with van der Waals surface area (Å²) < 4.78 is 10.9. The summed E-state index contributed by atoms with van der Waals surface area (Å²) in [6.07, 6.45) is 9.30. The van der Waals surface area contributed by atoms with Crippen LogP contribution in [0.1, 0.15) is 51.4 Å². The quantitative estimate of drug-likeness (QED) is 0.709. The van der Waals surface area contributed by atoms with Gasteiger partial charge in [0.25, 0.3) is 0 Å². The second-order valence-corrected chi connectivity index (χ2v) is 5.46. The van der Waals surface area contributed by atoms with Crippen molar-refractivity contribution in [2.45, 2.75) is 51.4 Å². The summed E-state index contributed by atoms with van der Waals surface area (Å²) in [5.41, 5.74) is 0. The molecule has 2 aliphatic rings. The van der Waals surface area contributed by atoms with Crippen molar-refractivity contribution in [2.75, 3.05) is 19.8 Å². The van der Waals surface area contributed by atoms with Gasteiger partial charge in [-0.2, -0.15) is 0 Å². The lowest BCUT2D eigenvalue weighted by Crippen LogP contribution is -2.17. The standard InChI is InChI=1S/C14H24O3/c15-14-7-6-13(8-9-17-14)11-16-10-12-4-2-1-3-5-12/h12-13H,1-11H2. The van der Waals surface area contributed by atoms with Gasteiger partial charge in [-0.15, -0.1) is 0 Å². The summed E-state index contributed by atoms with van der Waals surface area (Å²) in [6, 6.07) is 0. The van der Waals surface area contributed by atoms with E-state index in [1.54, 1.807) is 0 Å². The summed E-state index contributed by atoms with van der Waals surface area (Å²) in [4.78, 5) is 11.1. The molecule has 1 unspecified atom stereocenters. The zero-order valence-electron chi connectivity index (χ0n) is 10.7. The highest BCUT2D eigenvalue weighted by molar-refractivity contribution is 5.69. The Kier molecular flexibility index (Phi) is 5.30. The molecule has 98 valence electrons. The van der Waals surface area contributed by atoms with Crippen LogP contribution in [0, 0.1) is 11.8 Å². The molecule has 0 N–H and O–H groups in total. The fraction of sp³-hybridized carbons (Fsp3) is 0.929. The lowest BCUT2D eigenvalue weighted by atomic mass is 9.90. The van der Waals surface area contributed by atoms with Gasteiger partial charge in [-0.05, 0) is 37.5 Å². The molecule has 0 aromatic carbocycles. The predicted molar refractivity (Wildman–Crippen MR) is 65.7 cm³/mol. The molecule has 0 aromatic heterocycles. The molecule has 3 nitrogen and oxygen atoms in total. The van der Waals surface area contributed by atoms with Gasteiger partial charge in [-0.25, -0.2) is 0 Å². The van der Waals surface area contributed by atoms with Crippen LogP contribution in [0.2, 0.25) is 0 Å². The summed E-state index contributed by atoms with van der Waals surface area (Å²) >= 11 is 0. The Morgan fingerprint density at radius 1 is 1.00 bits per heavy atom. The molecule has 0 aromatic rings. The summed E-state index contributed by atoms with van der Waals surface area (Å²) in [6.45, 7) is 2.31. The first kappa shape index (κ1) is 12.9. The Balaban J connectivity index is 1.59. The third kappa shape index (κ3) is 4.66. The Morgan fingerprint density at radius 2 is 1.71 bits per heavy atom. The molecule has 1 heterocycles. The first-order valence-corrected chi connectivity index (χ1v) is 7.08. The van der Waals surface area contributed by atoms with Gasteiger partial charge >= 0.3 is 5.97 Å². The van der Waals surface area contributed by atoms with E-state index in [1.165, 1.54) is 32.1 Å². The van der Waals surface area contributed by atoms with Gasteiger partial charge in [-0.3, -0.25) is 4.79 Å². The van der Waals surface area contributed by atoms with Gasteiger partial charge < -0.3 is 9.47 Å². The van der Waals surface area contributed by atoms with Crippen molar-refractivity contribution in [2.24, 2.45) is 11.8 Å². The molecule has 1 atom stereocenters. The minimum atomic E-state index is -0.0419. The number of rotatable bonds is 4. The second-order valence-electron chi connectivity index (χ2n) is 5.46. The van der Waals surface area contributed by atoms with Crippen LogP contribution in [0.15, 0.2) is 0 Å². The minimum Gasteiger partial charge on any atom is -0.466 e. The van der Waals surface area contributed by atoms with Crippen LogP contribution in [0.5, 0.6) is 0 Å². The van der Waals surface area contributed by atoms with Crippen LogP contribution >= 0.6 is 0 Å². The lowest BCUT2D eigenvalue weighted by molar-refractivity contribution is -0.142. The van der Waals surface area contributed by atoms with Crippen LogP contribution in [-0.2, 0) is 14.3 Å².